The Labute approximate surface area is 138 Å². The van der Waals surface area contributed by atoms with Crippen molar-refractivity contribution >= 4 is 23.6 Å². The van der Waals surface area contributed by atoms with Crippen LogP contribution in [0.2, 0.25) is 0 Å². The summed E-state index contributed by atoms with van der Waals surface area (Å²) in [6, 6.07) is 10.8. The lowest BCUT2D eigenvalue weighted by atomic mass is 10.1. The molecule has 0 aliphatic heterocycles. The third-order valence-corrected chi connectivity index (χ3v) is 3.91. The molecule has 6 nitrogen and oxygen atoms in total. The first-order valence-corrected chi connectivity index (χ1v) is 8.23. The van der Waals surface area contributed by atoms with Crippen LogP contribution >= 0.6 is 11.8 Å². The van der Waals surface area contributed by atoms with Gasteiger partial charge < -0.3 is 20.2 Å². The lowest BCUT2D eigenvalue weighted by molar-refractivity contribution is -0.139. The van der Waals surface area contributed by atoms with Crippen LogP contribution in [0.4, 0.5) is 0 Å². The van der Waals surface area contributed by atoms with Crippen molar-refractivity contribution in [2.24, 2.45) is 0 Å². The summed E-state index contributed by atoms with van der Waals surface area (Å²) in [4.78, 5) is 24.4. The monoisotopic (exact) mass is 334 g/mol. The van der Waals surface area contributed by atoms with Crippen LogP contribution in [0.1, 0.15) is 17.4 Å². The van der Waals surface area contributed by atoms with E-state index in [1.807, 2.05) is 18.4 Å². The number of aliphatic hydroxyl groups is 1. The van der Waals surface area contributed by atoms with E-state index in [9.17, 15) is 14.7 Å². The topological polar surface area (TPSA) is 91.6 Å². The van der Waals surface area contributed by atoms with Crippen LogP contribution in [0.3, 0.4) is 0 Å². The predicted octanol–water partition coefficient (Wildman–Crippen LogP) is 1.47. The van der Waals surface area contributed by atoms with E-state index in [0.29, 0.717) is 11.3 Å². The molecule has 0 saturated heterocycles. The van der Waals surface area contributed by atoms with E-state index < -0.39 is 17.9 Å². The van der Waals surface area contributed by atoms with E-state index in [1.165, 1.54) is 6.26 Å². The molecule has 0 radical (unpaired) electrons. The molecule has 23 heavy (non-hydrogen) atoms. The maximum absolute atomic E-state index is 11.7. The molecule has 7 heteroatoms. The van der Waals surface area contributed by atoms with E-state index >= 15 is 0 Å². The molecule has 0 bridgehead atoms. The van der Waals surface area contributed by atoms with Gasteiger partial charge in [0.05, 0.1) is 18.9 Å². The van der Waals surface area contributed by atoms with Gasteiger partial charge in [0.2, 0.25) is 0 Å². The number of carbonyl (C=O) groups excluding carboxylic acids is 2. The summed E-state index contributed by atoms with van der Waals surface area (Å²) in [6.45, 7) is 0.101. The van der Waals surface area contributed by atoms with Gasteiger partial charge in [-0.3, -0.25) is 9.59 Å². The first-order valence-electron chi connectivity index (χ1n) is 7.00. The SMILES string of the molecule is CSc1ccc(C(O)CNC(=O)C(=O)NCc2ccco2)cc1. The smallest absolute Gasteiger partial charge is 0.309 e. The van der Waals surface area contributed by atoms with Crippen LogP contribution in [-0.4, -0.2) is 29.7 Å². The molecule has 3 N–H and O–H groups in total. The molecule has 1 atom stereocenters. The molecular formula is C16H18N2O4S. The molecule has 0 fully saturated rings. The van der Waals surface area contributed by atoms with E-state index in [1.54, 1.807) is 36.0 Å². The summed E-state index contributed by atoms with van der Waals surface area (Å²) in [5, 5.41) is 14.9. The fourth-order valence-corrected chi connectivity index (χ4v) is 2.28. The second-order valence-electron chi connectivity index (χ2n) is 4.76. The summed E-state index contributed by atoms with van der Waals surface area (Å²) in [5.41, 5.74) is 0.680. The Kier molecular flexibility index (Phi) is 6.25. The van der Waals surface area contributed by atoms with Crippen LogP contribution < -0.4 is 10.6 Å². The maximum atomic E-state index is 11.7. The van der Waals surface area contributed by atoms with Crippen molar-refractivity contribution in [1.82, 2.24) is 10.6 Å². The van der Waals surface area contributed by atoms with Gasteiger partial charge in [0.25, 0.3) is 0 Å². The van der Waals surface area contributed by atoms with E-state index in [4.69, 9.17) is 4.42 Å². The van der Waals surface area contributed by atoms with Gasteiger partial charge in [-0.1, -0.05) is 12.1 Å². The largest absolute Gasteiger partial charge is 0.467 e. The van der Waals surface area contributed by atoms with Crippen molar-refractivity contribution in [2.75, 3.05) is 12.8 Å². The lowest BCUT2D eigenvalue weighted by Crippen LogP contribution is -2.41. The van der Waals surface area contributed by atoms with E-state index in [2.05, 4.69) is 10.6 Å². The second-order valence-corrected chi connectivity index (χ2v) is 5.64. The number of thioether (sulfide) groups is 1. The van der Waals surface area contributed by atoms with Gasteiger partial charge in [0, 0.05) is 11.4 Å². The van der Waals surface area contributed by atoms with Crippen molar-refractivity contribution in [1.29, 1.82) is 0 Å². The van der Waals surface area contributed by atoms with Gasteiger partial charge in [-0.25, -0.2) is 0 Å². The number of rotatable bonds is 6. The van der Waals surface area contributed by atoms with Gasteiger partial charge in [0.15, 0.2) is 0 Å². The zero-order valence-electron chi connectivity index (χ0n) is 12.6. The van der Waals surface area contributed by atoms with Crippen LogP contribution in [0.25, 0.3) is 0 Å². The molecule has 1 aromatic heterocycles. The van der Waals surface area contributed by atoms with Crippen molar-refractivity contribution in [3.63, 3.8) is 0 Å². The number of hydrogen-bond acceptors (Lipinski definition) is 5. The highest BCUT2D eigenvalue weighted by Crippen LogP contribution is 2.18. The summed E-state index contributed by atoms with van der Waals surface area (Å²) in [5.74, 6) is -1.01. The quantitative estimate of drug-likeness (QED) is 0.550. The average Bonchev–Trinajstić information content (AvgIpc) is 3.10. The minimum absolute atomic E-state index is 0.0361. The van der Waals surface area contributed by atoms with Crippen LogP contribution in [0, 0.1) is 0 Å². The van der Waals surface area contributed by atoms with Gasteiger partial charge in [-0.2, -0.15) is 0 Å². The number of benzene rings is 1. The Balaban J connectivity index is 1.77. The number of furan rings is 1. The molecule has 2 aromatic rings. The Morgan fingerprint density at radius 3 is 2.48 bits per heavy atom. The lowest BCUT2D eigenvalue weighted by Gasteiger charge is -2.12. The molecule has 1 heterocycles. The third kappa shape index (κ3) is 5.15. The summed E-state index contributed by atoms with van der Waals surface area (Å²) in [7, 11) is 0. The van der Waals surface area contributed by atoms with E-state index in [0.717, 1.165) is 4.90 Å². The molecule has 1 unspecified atom stereocenters. The number of carbonyl (C=O) groups is 2. The van der Waals surface area contributed by atoms with Crippen molar-refractivity contribution < 1.29 is 19.1 Å². The fourth-order valence-electron chi connectivity index (χ4n) is 1.87. The van der Waals surface area contributed by atoms with Crippen LogP contribution in [0.15, 0.2) is 52.0 Å². The normalized spacial score (nSPS) is 11.7. The number of aliphatic hydroxyl groups excluding tert-OH is 1. The van der Waals surface area contributed by atoms with Gasteiger partial charge in [-0.15, -0.1) is 11.8 Å². The highest BCUT2D eigenvalue weighted by molar-refractivity contribution is 7.98. The summed E-state index contributed by atoms with van der Waals surface area (Å²) in [6.07, 6.45) is 2.58. The molecule has 2 amide bonds. The number of amides is 2. The molecule has 0 aliphatic rings. The van der Waals surface area contributed by atoms with Gasteiger partial charge >= 0.3 is 11.8 Å². The van der Waals surface area contributed by atoms with Gasteiger partial charge in [0.1, 0.15) is 5.76 Å². The van der Waals surface area contributed by atoms with Gasteiger partial charge in [-0.05, 0) is 36.1 Å². The average molecular weight is 334 g/mol. The van der Waals surface area contributed by atoms with E-state index in [-0.39, 0.29) is 13.1 Å². The van der Waals surface area contributed by atoms with Crippen LogP contribution in [-0.2, 0) is 16.1 Å². The first kappa shape index (κ1) is 17.1. The van der Waals surface area contributed by atoms with Crippen molar-refractivity contribution in [3.05, 3.63) is 54.0 Å². The fraction of sp³-hybridized carbons (Fsp3) is 0.250. The Hall–Kier alpha value is -2.25. The zero-order chi connectivity index (χ0) is 16.7. The second kappa shape index (κ2) is 8.40. The third-order valence-electron chi connectivity index (χ3n) is 3.17. The van der Waals surface area contributed by atoms with Crippen LogP contribution in [0.5, 0.6) is 0 Å². The number of nitrogens with one attached hydrogen (secondary N) is 2. The van der Waals surface area contributed by atoms with Crippen molar-refractivity contribution in [2.45, 2.75) is 17.5 Å². The maximum Gasteiger partial charge on any atom is 0.309 e. The highest BCUT2D eigenvalue weighted by Gasteiger charge is 2.15. The highest BCUT2D eigenvalue weighted by atomic mass is 32.2. The minimum atomic E-state index is -0.868. The zero-order valence-corrected chi connectivity index (χ0v) is 13.4. The molecule has 2 rings (SSSR count). The Morgan fingerprint density at radius 1 is 1.17 bits per heavy atom. The molecule has 0 saturated carbocycles. The standard InChI is InChI=1S/C16H18N2O4S/c1-23-13-6-4-11(5-7-13)14(19)10-18-16(21)15(20)17-9-12-3-2-8-22-12/h2-8,14,19H,9-10H2,1H3,(H,17,20)(H,18,21). The minimum Gasteiger partial charge on any atom is -0.467 e. The first-order chi connectivity index (χ1) is 11.1. The molecule has 1 aromatic carbocycles. The Morgan fingerprint density at radius 2 is 1.87 bits per heavy atom. The Bertz CT molecular complexity index is 641. The molecule has 0 aliphatic carbocycles. The summed E-state index contributed by atoms with van der Waals surface area (Å²) >= 11 is 1.60. The molecule has 122 valence electrons. The summed E-state index contributed by atoms with van der Waals surface area (Å²) < 4.78 is 5.05. The van der Waals surface area contributed by atoms with Crippen molar-refractivity contribution in [3.8, 4) is 0 Å². The molecule has 0 spiro atoms. The number of hydrogen-bond donors (Lipinski definition) is 3. The predicted molar refractivity (Wildman–Crippen MR) is 86.7 cm³/mol. The molecular weight excluding hydrogens is 316 g/mol.